The highest BCUT2D eigenvalue weighted by Crippen LogP contribution is 2.33. The average Bonchev–Trinajstić information content (AvgIpc) is 2.91. The monoisotopic (exact) mass is 354 g/mol. The Kier molecular flexibility index (Phi) is 6.06. The molecule has 1 aromatic carbocycles. The lowest BCUT2D eigenvalue weighted by atomic mass is 9.92. The minimum atomic E-state index is -0.188. The van der Waals surface area contributed by atoms with E-state index in [0.717, 1.165) is 28.1 Å². The molecule has 0 saturated carbocycles. The number of ketones is 1. The van der Waals surface area contributed by atoms with Crippen LogP contribution in [-0.2, 0) is 6.42 Å². The molecule has 26 heavy (non-hydrogen) atoms. The van der Waals surface area contributed by atoms with Crippen LogP contribution < -0.4 is 5.32 Å². The number of aromatic nitrogens is 1. The van der Waals surface area contributed by atoms with E-state index in [1.54, 1.807) is 6.92 Å². The van der Waals surface area contributed by atoms with Crippen molar-refractivity contribution in [2.45, 2.75) is 66.7 Å². The summed E-state index contributed by atoms with van der Waals surface area (Å²) >= 11 is 0. The Balaban J connectivity index is 2.52. The van der Waals surface area contributed by atoms with Crippen LogP contribution in [0.2, 0.25) is 0 Å². The zero-order chi connectivity index (χ0) is 19.6. The number of amides is 1. The summed E-state index contributed by atoms with van der Waals surface area (Å²) in [5.74, 6) is 0.396. The van der Waals surface area contributed by atoms with Gasteiger partial charge in [-0.1, -0.05) is 52.8 Å². The molecule has 4 heteroatoms. The molecule has 0 aliphatic heterocycles. The number of benzene rings is 1. The molecule has 0 radical (unpaired) electrons. The summed E-state index contributed by atoms with van der Waals surface area (Å²) < 4.78 is 0. The number of para-hydroxylation sites is 1. The molecular weight excluding hydrogens is 324 g/mol. The fourth-order valence-electron chi connectivity index (χ4n) is 3.57. The number of nitrogens with one attached hydrogen (secondary N) is 2. The summed E-state index contributed by atoms with van der Waals surface area (Å²) in [4.78, 5) is 28.2. The molecule has 2 aromatic rings. The third-order valence-electron chi connectivity index (χ3n) is 4.84. The number of Topliss-reactive ketones (excluding diaryl/α,β-unsaturated/α-hetero) is 1. The van der Waals surface area contributed by atoms with E-state index in [0.29, 0.717) is 29.5 Å². The number of carbonyl (C=O) groups is 2. The van der Waals surface area contributed by atoms with Crippen molar-refractivity contribution >= 4 is 17.4 Å². The maximum atomic E-state index is 13.1. The van der Waals surface area contributed by atoms with Crippen LogP contribution in [0.15, 0.2) is 18.2 Å². The normalized spacial score (nSPS) is 11.3. The van der Waals surface area contributed by atoms with Gasteiger partial charge in [-0.2, -0.15) is 0 Å². The fourth-order valence-corrected chi connectivity index (χ4v) is 3.57. The van der Waals surface area contributed by atoms with Crippen LogP contribution in [0.1, 0.15) is 96.6 Å². The van der Waals surface area contributed by atoms with E-state index in [2.05, 4.69) is 50.1 Å². The van der Waals surface area contributed by atoms with Crippen LogP contribution in [0.3, 0.4) is 0 Å². The first-order valence-electron chi connectivity index (χ1n) is 9.35. The van der Waals surface area contributed by atoms with Gasteiger partial charge in [0.2, 0.25) is 0 Å². The van der Waals surface area contributed by atoms with E-state index in [1.807, 2.05) is 19.9 Å². The number of rotatable bonds is 6. The Labute approximate surface area is 156 Å². The van der Waals surface area contributed by atoms with Crippen molar-refractivity contribution in [3.63, 3.8) is 0 Å². The minimum absolute atomic E-state index is 0.0138. The van der Waals surface area contributed by atoms with E-state index in [1.165, 1.54) is 0 Å². The van der Waals surface area contributed by atoms with Crippen molar-refractivity contribution in [1.29, 1.82) is 0 Å². The Morgan fingerprint density at radius 2 is 1.62 bits per heavy atom. The number of anilines is 1. The smallest absolute Gasteiger partial charge is 0.272 e. The number of aromatic amines is 1. The van der Waals surface area contributed by atoms with Gasteiger partial charge >= 0.3 is 0 Å². The van der Waals surface area contributed by atoms with E-state index in [-0.39, 0.29) is 11.7 Å². The van der Waals surface area contributed by atoms with E-state index < -0.39 is 0 Å². The Hall–Kier alpha value is -2.36. The molecule has 140 valence electrons. The topological polar surface area (TPSA) is 62.0 Å². The maximum absolute atomic E-state index is 13.1. The maximum Gasteiger partial charge on any atom is 0.272 e. The number of hydrogen-bond acceptors (Lipinski definition) is 2. The number of carbonyl (C=O) groups excluding carboxylic acids is 2. The second kappa shape index (κ2) is 7.90. The quantitative estimate of drug-likeness (QED) is 0.664. The highest BCUT2D eigenvalue weighted by Gasteiger charge is 2.23. The molecular formula is C22H30N2O2. The van der Waals surface area contributed by atoms with E-state index in [4.69, 9.17) is 0 Å². The zero-order valence-corrected chi connectivity index (χ0v) is 16.9. The third kappa shape index (κ3) is 3.74. The van der Waals surface area contributed by atoms with Gasteiger partial charge in [0, 0.05) is 16.9 Å². The molecule has 2 N–H and O–H groups in total. The summed E-state index contributed by atoms with van der Waals surface area (Å²) in [5, 5.41) is 3.13. The van der Waals surface area contributed by atoms with Crippen molar-refractivity contribution < 1.29 is 9.59 Å². The molecule has 1 aromatic heterocycles. The van der Waals surface area contributed by atoms with Gasteiger partial charge in [-0.05, 0) is 48.8 Å². The fraction of sp³-hybridized carbons (Fsp3) is 0.455. The first-order valence-corrected chi connectivity index (χ1v) is 9.35. The molecule has 0 aliphatic rings. The van der Waals surface area contributed by atoms with Crippen molar-refractivity contribution in [3.8, 4) is 0 Å². The molecule has 0 aliphatic carbocycles. The van der Waals surface area contributed by atoms with Crippen molar-refractivity contribution in [3.05, 3.63) is 51.8 Å². The predicted octanol–water partition coefficient (Wildman–Crippen LogP) is 5.59. The molecule has 0 unspecified atom stereocenters. The SMILES string of the molecule is CCc1c(C(=O)Nc2c(C(C)C)cccc2C(C)C)[nH]c(C)c1C(C)=O. The number of H-pyrrole nitrogens is 1. The van der Waals surface area contributed by atoms with Crippen LogP contribution in [0.4, 0.5) is 5.69 Å². The Bertz CT molecular complexity index is 803. The van der Waals surface area contributed by atoms with Gasteiger partial charge < -0.3 is 10.3 Å². The van der Waals surface area contributed by atoms with Gasteiger partial charge in [-0.3, -0.25) is 9.59 Å². The molecule has 0 spiro atoms. The van der Waals surface area contributed by atoms with Crippen molar-refractivity contribution in [1.82, 2.24) is 4.98 Å². The second-order valence-corrected chi connectivity index (χ2v) is 7.46. The molecule has 0 fully saturated rings. The van der Waals surface area contributed by atoms with Gasteiger partial charge in [-0.15, -0.1) is 0 Å². The number of hydrogen-bond donors (Lipinski definition) is 2. The van der Waals surface area contributed by atoms with E-state index in [9.17, 15) is 9.59 Å². The average molecular weight is 354 g/mol. The molecule has 1 amide bonds. The highest BCUT2D eigenvalue weighted by molar-refractivity contribution is 6.08. The molecule has 2 rings (SSSR count). The zero-order valence-electron chi connectivity index (χ0n) is 16.9. The molecule has 4 nitrogen and oxygen atoms in total. The largest absolute Gasteiger partial charge is 0.354 e. The van der Waals surface area contributed by atoms with Crippen LogP contribution in [0, 0.1) is 6.92 Å². The first-order chi connectivity index (χ1) is 12.2. The molecule has 0 bridgehead atoms. The summed E-state index contributed by atoms with van der Waals surface area (Å²) in [7, 11) is 0. The van der Waals surface area contributed by atoms with Crippen LogP contribution in [0.25, 0.3) is 0 Å². The summed E-state index contributed by atoms with van der Waals surface area (Å²) in [6.07, 6.45) is 0.630. The van der Waals surface area contributed by atoms with E-state index >= 15 is 0 Å². The Morgan fingerprint density at radius 1 is 1.08 bits per heavy atom. The van der Waals surface area contributed by atoms with Crippen LogP contribution in [0.5, 0.6) is 0 Å². The van der Waals surface area contributed by atoms with Crippen molar-refractivity contribution in [2.24, 2.45) is 0 Å². The van der Waals surface area contributed by atoms with Crippen LogP contribution >= 0.6 is 0 Å². The van der Waals surface area contributed by atoms with Gasteiger partial charge in [0.25, 0.3) is 5.91 Å². The predicted molar refractivity (Wildman–Crippen MR) is 107 cm³/mol. The number of aryl methyl sites for hydroxylation is 1. The second-order valence-electron chi connectivity index (χ2n) is 7.46. The molecule has 0 saturated heterocycles. The lowest BCUT2D eigenvalue weighted by Crippen LogP contribution is -2.18. The van der Waals surface area contributed by atoms with Crippen molar-refractivity contribution in [2.75, 3.05) is 5.32 Å². The minimum Gasteiger partial charge on any atom is -0.354 e. The lowest BCUT2D eigenvalue weighted by molar-refractivity contribution is 0.101. The highest BCUT2D eigenvalue weighted by atomic mass is 16.2. The summed E-state index contributed by atoms with van der Waals surface area (Å²) in [6, 6.07) is 6.17. The third-order valence-corrected chi connectivity index (χ3v) is 4.84. The Morgan fingerprint density at radius 3 is 2.04 bits per heavy atom. The van der Waals surface area contributed by atoms with Gasteiger partial charge in [0.1, 0.15) is 5.69 Å². The lowest BCUT2D eigenvalue weighted by Gasteiger charge is -2.20. The standard InChI is InChI=1S/C22H30N2O2/c1-8-16-19(15(7)25)14(6)23-21(16)22(26)24-20-17(12(2)3)10-9-11-18(20)13(4)5/h9-13,23H,8H2,1-7H3,(H,24,26). The first kappa shape index (κ1) is 20.0. The van der Waals surface area contributed by atoms with Gasteiger partial charge in [0.05, 0.1) is 0 Å². The van der Waals surface area contributed by atoms with Crippen LogP contribution in [-0.4, -0.2) is 16.7 Å². The summed E-state index contributed by atoms with van der Waals surface area (Å²) in [6.45, 7) is 13.8. The molecule has 0 atom stereocenters. The summed E-state index contributed by atoms with van der Waals surface area (Å²) in [5.41, 5.74) is 5.81. The van der Waals surface area contributed by atoms with Gasteiger partial charge in [-0.25, -0.2) is 0 Å². The molecule has 1 heterocycles. The van der Waals surface area contributed by atoms with Gasteiger partial charge in [0.15, 0.2) is 5.78 Å².